The predicted octanol–water partition coefficient (Wildman–Crippen LogP) is 14.0. The molecule has 0 bridgehead atoms. The summed E-state index contributed by atoms with van der Waals surface area (Å²) in [5.41, 5.74) is 1.98. The van der Waals surface area contributed by atoms with Crippen LogP contribution in [0.3, 0.4) is 0 Å². The summed E-state index contributed by atoms with van der Waals surface area (Å²) in [7, 11) is -9.02. The van der Waals surface area contributed by atoms with Gasteiger partial charge >= 0.3 is 37.7 Å². The molecule has 13 heteroatoms. The molecule has 0 heterocycles. The van der Waals surface area contributed by atoms with Crippen LogP contribution in [0.15, 0.2) is 94.7 Å². The van der Waals surface area contributed by atoms with Crippen molar-refractivity contribution in [2.75, 3.05) is 0 Å². The molecule has 0 saturated heterocycles. The van der Waals surface area contributed by atoms with Crippen LogP contribution in [0.2, 0.25) is 0 Å². The van der Waals surface area contributed by atoms with E-state index in [2.05, 4.69) is 13.8 Å². The maximum absolute atomic E-state index is 12.1. The Bertz CT molecular complexity index is 1970. The first-order chi connectivity index (χ1) is 30.8. The number of rotatable bonds is 32. The molecule has 0 unspecified atom stereocenters. The largest absolute Gasteiger partial charge is 2.00 e. The third-order valence-corrected chi connectivity index (χ3v) is 13.1. The number of aryl methyl sites for hydroxylation is 2. The predicted molar refractivity (Wildman–Crippen MR) is 260 cm³/mol. The average Bonchev–Trinajstić information content (AvgIpc) is 3.26. The van der Waals surface area contributed by atoms with E-state index >= 15 is 0 Å². The standard InChI is InChI=1S/2C26H38O5S.Ca/c2*1-2-3-4-5-6-7-8-9-10-11-12-13-16-22-17-14-15-18-25(22)31-26-21-23(32(28,29)30)19-20-24(26)27;/h2*14-15,17-21,27H,2-13,16H2,1H3,(H,28,29,30);/q;;+2/p-2. The molecule has 2 N–H and O–H groups in total. The van der Waals surface area contributed by atoms with E-state index in [-0.39, 0.29) is 59.9 Å². The fourth-order valence-electron chi connectivity index (χ4n) is 7.63. The van der Waals surface area contributed by atoms with Gasteiger partial charge in [0.05, 0.1) is 9.79 Å². The van der Waals surface area contributed by atoms with Gasteiger partial charge in [0.2, 0.25) is 0 Å². The number of hydrogen-bond donors (Lipinski definition) is 2. The Balaban J connectivity index is 0.000000440. The van der Waals surface area contributed by atoms with Crippen molar-refractivity contribution >= 4 is 58.0 Å². The molecule has 0 spiro atoms. The number of phenols is 1. The van der Waals surface area contributed by atoms with Crippen LogP contribution in [0.5, 0.6) is 34.5 Å². The third-order valence-electron chi connectivity index (χ3n) is 11.4. The first-order valence-corrected chi connectivity index (χ1v) is 26.8. The van der Waals surface area contributed by atoms with Crippen molar-refractivity contribution in [3.05, 3.63) is 96.1 Å². The van der Waals surface area contributed by atoms with Gasteiger partial charge in [-0.3, -0.25) is 4.55 Å². The summed E-state index contributed by atoms with van der Waals surface area (Å²) < 4.78 is 77.2. The Hall–Kier alpha value is -2.84. The van der Waals surface area contributed by atoms with Gasteiger partial charge in [-0.15, -0.1) is 0 Å². The Morgan fingerprint density at radius 3 is 1.22 bits per heavy atom. The van der Waals surface area contributed by atoms with Crippen molar-refractivity contribution in [1.82, 2.24) is 0 Å². The van der Waals surface area contributed by atoms with E-state index < -0.39 is 30.9 Å². The third kappa shape index (κ3) is 24.7. The summed E-state index contributed by atoms with van der Waals surface area (Å²) in [6.45, 7) is 4.50. The SMILES string of the molecule is CCCCCCCCCCCCCCc1ccccc1Oc1cc(S(=O)(=O)O)ccc1O.CCCCCCCCCCCCCCc1ccccc1Oc1cc(S(=O)(=O)[O-])ccc1[O-].[Ca+2]. The molecule has 0 aromatic heterocycles. The van der Waals surface area contributed by atoms with E-state index in [1.165, 1.54) is 134 Å². The molecule has 65 heavy (non-hydrogen) atoms. The van der Waals surface area contributed by atoms with E-state index in [0.717, 1.165) is 80.0 Å². The van der Waals surface area contributed by atoms with Gasteiger partial charge in [-0.25, -0.2) is 8.42 Å². The molecular weight excluding hydrogens is 889 g/mol. The van der Waals surface area contributed by atoms with Gasteiger partial charge in [0.25, 0.3) is 10.1 Å². The molecule has 0 fully saturated rings. The normalized spacial score (nSPS) is 11.4. The van der Waals surface area contributed by atoms with Crippen molar-refractivity contribution in [1.29, 1.82) is 0 Å². The first-order valence-electron chi connectivity index (χ1n) is 23.9. The summed E-state index contributed by atoms with van der Waals surface area (Å²) in [4.78, 5) is -0.783. The van der Waals surface area contributed by atoms with Gasteiger partial charge < -0.3 is 24.2 Å². The zero-order chi connectivity index (χ0) is 46.5. The van der Waals surface area contributed by atoms with Gasteiger partial charge in [-0.1, -0.05) is 203 Å². The summed E-state index contributed by atoms with van der Waals surface area (Å²) in [6.07, 6.45) is 32.6. The first kappa shape index (κ1) is 58.3. The Labute approximate surface area is 421 Å². The van der Waals surface area contributed by atoms with Crippen LogP contribution in [0.4, 0.5) is 0 Å². The monoisotopic (exact) mass is 962 g/mol. The minimum absolute atomic E-state index is 0. The second-order valence-corrected chi connectivity index (χ2v) is 19.7. The molecule has 4 aromatic rings. The van der Waals surface area contributed by atoms with Crippen molar-refractivity contribution in [2.24, 2.45) is 0 Å². The number of ether oxygens (including phenoxy) is 2. The van der Waals surface area contributed by atoms with Gasteiger partial charge in [-0.05, 0) is 73.2 Å². The molecule has 4 rings (SSSR count). The summed E-state index contributed by atoms with van der Waals surface area (Å²) in [6, 6.07) is 21.5. The fraction of sp³-hybridized carbons (Fsp3) is 0.538. The molecule has 0 amide bonds. The summed E-state index contributed by atoms with van der Waals surface area (Å²) in [5, 5.41) is 22.1. The van der Waals surface area contributed by atoms with E-state index in [0.29, 0.717) is 11.5 Å². The summed E-state index contributed by atoms with van der Waals surface area (Å²) >= 11 is 0. The number of para-hydroxylation sites is 2. The average molecular weight is 963 g/mol. The van der Waals surface area contributed by atoms with Crippen LogP contribution in [-0.2, 0) is 33.1 Å². The molecule has 356 valence electrons. The number of aromatic hydroxyl groups is 1. The van der Waals surface area contributed by atoms with Gasteiger partial charge in [-0.2, -0.15) is 8.42 Å². The quantitative estimate of drug-likeness (QED) is 0.0272. The maximum Gasteiger partial charge on any atom is 2.00 e. The van der Waals surface area contributed by atoms with Gasteiger partial charge in [0.15, 0.2) is 11.5 Å². The van der Waals surface area contributed by atoms with Crippen LogP contribution in [-0.4, -0.2) is 68.8 Å². The fourth-order valence-corrected chi connectivity index (χ4v) is 8.61. The molecule has 0 aliphatic carbocycles. The Morgan fingerprint density at radius 2 is 0.815 bits per heavy atom. The molecule has 0 saturated carbocycles. The van der Waals surface area contributed by atoms with Crippen LogP contribution < -0.4 is 14.6 Å². The van der Waals surface area contributed by atoms with Crippen LogP contribution in [0.25, 0.3) is 0 Å². The smallest absolute Gasteiger partial charge is 0.870 e. The van der Waals surface area contributed by atoms with E-state index in [9.17, 15) is 36.2 Å². The number of unbranched alkanes of at least 4 members (excludes halogenated alkanes) is 22. The minimum atomic E-state index is -4.65. The number of phenolic OH excluding ortho intramolecular Hbond substituents is 1. The molecule has 0 aliphatic heterocycles. The van der Waals surface area contributed by atoms with Crippen LogP contribution in [0, 0.1) is 0 Å². The van der Waals surface area contributed by atoms with Crippen LogP contribution in [0.1, 0.15) is 179 Å². The summed E-state index contributed by atoms with van der Waals surface area (Å²) in [5.74, 6) is 0.313. The zero-order valence-electron chi connectivity index (χ0n) is 39.2. The van der Waals surface area contributed by atoms with Gasteiger partial charge in [0.1, 0.15) is 27.4 Å². The molecular formula is C52H74CaO10S2. The second-order valence-electron chi connectivity index (χ2n) is 16.9. The Morgan fingerprint density at radius 1 is 0.462 bits per heavy atom. The molecule has 4 aromatic carbocycles. The zero-order valence-corrected chi connectivity index (χ0v) is 43.0. The molecule has 0 radical (unpaired) electrons. The minimum Gasteiger partial charge on any atom is -0.870 e. The van der Waals surface area contributed by atoms with Crippen molar-refractivity contribution < 1.29 is 45.6 Å². The Kier molecular flexibility index (Phi) is 30.1. The number of benzene rings is 4. The molecule has 0 atom stereocenters. The van der Waals surface area contributed by atoms with Crippen molar-refractivity contribution in [3.8, 4) is 34.5 Å². The molecule has 0 aliphatic rings. The second kappa shape index (κ2) is 33.6. The van der Waals surface area contributed by atoms with Crippen LogP contribution >= 0.6 is 0 Å². The van der Waals surface area contributed by atoms with E-state index in [1.807, 2.05) is 30.3 Å². The van der Waals surface area contributed by atoms with Crippen molar-refractivity contribution in [2.45, 2.75) is 191 Å². The number of hydrogen-bond acceptors (Lipinski definition) is 9. The topological polar surface area (TPSA) is 173 Å². The van der Waals surface area contributed by atoms with Gasteiger partial charge in [0, 0.05) is 6.07 Å². The van der Waals surface area contributed by atoms with E-state index in [4.69, 9.17) is 9.47 Å². The van der Waals surface area contributed by atoms with Crippen molar-refractivity contribution in [3.63, 3.8) is 0 Å². The maximum atomic E-state index is 12.1. The van der Waals surface area contributed by atoms with E-state index in [1.54, 1.807) is 18.2 Å². The molecule has 10 nitrogen and oxygen atoms in total.